The number of H-pyrrole nitrogens is 1. The summed E-state index contributed by atoms with van der Waals surface area (Å²) >= 11 is 0. The van der Waals surface area contributed by atoms with Gasteiger partial charge in [0.1, 0.15) is 5.82 Å². The minimum Gasteiger partial charge on any atom is -0.481 e. The summed E-state index contributed by atoms with van der Waals surface area (Å²) in [5.41, 5.74) is 0. The quantitative estimate of drug-likeness (QED) is 0.845. The number of nitrogens with zero attached hydrogens (tertiary/aromatic N) is 2. The van der Waals surface area contributed by atoms with Crippen LogP contribution in [0.1, 0.15) is 63.0 Å². The molecule has 1 aliphatic rings. The number of rotatable bonds is 3. The Balaban J connectivity index is 2.20. The molecule has 5 nitrogen and oxygen atoms in total. The van der Waals surface area contributed by atoms with Crippen LogP contribution in [0.4, 0.5) is 0 Å². The average Bonchev–Trinajstić information content (AvgIpc) is 2.78. The summed E-state index contributed by atoms with van der Waals surface area (Å²) in [7, 11) is 0. The van der Waals surface area contributed by atoms with Crippen molar-refractivity contribution in [1.82, 2.24) is 15.2 Å². The summed E-state index contributed by atoms with van der Waals surface area (Å²) in [6.07, 6.45) is 3.71. The maximum atomic E-state index is 11.2. The van der Waals surface area contributed by atoms with Crippen LogP contribution in [0.15, 0.2) is 0 Å². The van der Waals surface area contributed by atoms with E-state index in [1.807, 2.05) is 13.8 Å². The van der Waals surface area contributed by atoms with Crippen molar-refractivity contribution in [3.8, 4) is 0 Å². The van der Waals surface area contributed by atoms with Crippen LogP contribution in [0.25, 0.3) is 0 Å². The summed E-state index contributed by atoms with van der Waals surface area (Å²) in [5.74, 6) is 0.776. The number of aromatic nitrogens is 3. The second-order valence-corrected chi connectivity index (χ2v) is 5.07. The van der Waals surface area contributed by atoms with Gasteiger partial charge >= 0.3 is 5.97 Å². The molecule has 0 spiro atoms. The van der Waals surface area contributed by atoms with Gasteiger partial charge in [-0.05, 0) is 12.8 Å². The number of aromatic amines is 1. The first-order valence-electron chi connectivity index (χ1n) is 6.24. The SMILES string of the molecule is CC(C)c1n[nH]c(C2CCCCC2C(=O)O)n1. The van der Waals surface area contributed by atoms with Gasteiger partial charge in [0, 0.05) is 11.8 Å². The number of carboxylic acids is 1. The Morgan fingerprint density at radius 3 is 2.71 bits per heavy atom. The van der Waals surface area contributed by atoms with E-state index in [2.05, 4.69) is 15.2 Å². The predicted molar refractivity (Wildman–Crippen MR) is 62.8 cm³/mol. The van der Waals surface area contributed by atoms with Gasteiger partial charge < -0.3 is 5.11 Å². The molecule has 94 valence electrons. The summed E-state index contributed by atoms with van der Waals surface area (Å²) in [5, 5.41) is 16.3. The lowest BCUT2D eigenvalue weighted by Crippen LogP contribution is -2.26. The standard InChI is InChI=1S/C12H19N3O2/c1-7(2)10-13-11(15-14-10)8-5-3-4-6-9(8)12(16)17/h7-9H,3-6H2,1-2H3,(H,16,17)(H,13,14,15). The van der Waals surface area contributed by atoms with E-state index in [0.717, 1.165) is 37.3 Å². The maximum Gasteiger partial charge on any atom is 0.307 e. The highest BCUT2D eigenvalue weighted by Crippen LogP contribution is 2.36. The van der Waals surface area contributed by atoms with Crippen molar-refractivity contribution < 1.29 is 9.90 Å². The van der Waals surface area contributed by atoms with Gasteiger partial charge in [-0.1, -0.05) is 26.7 Å². The number of hydrogen-bond donors (Lipinski definition) is 2. The number of carboxylic acid groups (broad SMARTS) is 1. The van der Waals surface area contributed by atoms with Gasteiger partial charge in [-0.2, -0.15) is 5.10 Å². The minimum atomic E-state index is -0.711. The van der Waals surface area contributed by atoms with Gasteiger partial charge in [0.15, 0.2) is 5.82 Å². The second-order valence-electron chi connectivity index (χ2n) is 5.07. The topological polar surface area (TPSA) is 78.9 Å². The number of nitrogens with one attached hydrogen (secondary N) is 1. The third-order valence-electron chi connectivity index (χ3n) is 3.47. The molecule has 0 amide bonds. The Bertz CT molecular complexity index is 400. The van der Waals surface area contributed by atoms with Crippen LogP contribution in [0.2, 0.25) is 0 Å². The van der Waals surface area contributed by atoms with Gasteiger partial charge in [0.2, 0.25) is 0 Å². The fourth-order valence-corrected chi connectivity index (χ4v) is 2.47. The van der Waals surface area contributed by atoms with E-state index in [1.54, 1.807) is 0 Å². The smallest absolute Gasteiger partial charge is 0.307 e. The summed E-state index contributed by atoms with van der Waals surface area (Å²) in [4.78, 5) is 15.7. The molecule has 2 unspecified atom stereocenters. The fourth-order valence-electron chi connectivity index (χ4n) is 2.47. The molecule has 0 radical (unpaired) electrons. The highest BCUT2D eigenvalue weighted by molar-refractivity contribution is 5.71. The molecule has 5 heteroatoms. The average molecular weight is 237 g/mol. The van der Waals surface area contributed by atoms with Crippen molar-refractivity contribution in [3.05, 3.63) is 11.6 Å². The summed E-state index contributed by atoms with van der Waals surface area (Å²) in [6, 6.07) is 0. The molecule has 1 aliphatic carbocycles. The molecule has 1 heterocycles. The van der Waals surface area contributed by atoms with Crippen molar-refractivity contribution in [1.29, 1.82) is 0 Å². The first-order chi connectivity index (χ1) is 8.09. The lowest BCUT2D eigenvalue weighted by molar-refractivity contribution is -0.143. The minimum absolute atomic E-state index is 0.00116. The largest absolute Gasteiger partial charge is 0.481 e. The normalized spacial score (nSPS) is 25.1. The molecule has 1 aromatic heterocycles. The van der Waals surface area contributed by atoms with Crippen molar-refractivity contribution in [2.24, 2.45) is 5.92 Å². The molecule has 2 atom stereocenters. The Labute approximate surface area is 101 Å². The molecule has 1 fully saturated rings. The van der Waals surface area contributed by atoms with E-state index >= 15 is 0 Å². The van der Waals surface area contributed by atoms with Crippen LogP contribution in [-0.4, -0.2) is 26.3 Å². The van der Waals surface area contributed by atoms with Gasteiger partial charge in [-0.25, -0.2) is 4.98 Å². The van der Waals surface area contributed by atoms with Gasteiger partial charge in [-0.15, -0.1) is 0 Å². The number of carbonyl (C=O) groups is 1. The molecule has 2 rings (SSSR count). The zero-order valence-corrected chi connectivity index (χ0v) is 10.3. The molecule has 2 N–H and O–H groups in total. The molecule has 0 aliphatic heterocycles. The monoisotopic (exact) mass is 237 g/mol. The van der Waals surface area contributed by atoms with Crippen LogP contribution in [0.5, 0.6) is 0 Å². The molecule has 0 bridgehead atoms. The molecule has 17 heavy (non-hydrogen) atoms. The lowest BCUT2D eigenvalue weighted by Gasteiger charge is -2.26. The van der Waals surface area contributed by atoms with Crippen LogP contribution in [0.3, 0.4) is 0 Å². The van der Waals surface area contributed by atoms with Crippen LogP contribution in [0, 0.1) is 5.92 Å². The zero-order valence-electron chi connectivity index (χ0n) is 10.3. The molecule has 1 saturated carbocycles. The Morgan fingerprint density at radius 2 is 2.12 bits per heavy atom. The molecular formula is C12H19N3O2. The first kappa shape index (κ1) is 12.1. The van der Waals surface area contributed by atoms with Gasteiger partial charge in [0.05, 0.1) is 5.92 Å². The third kappa shape index (κ3) is 2.48. The summed E-state index contributed by atoms with van der Waals surface area (Å²) in [6.45, 7) is 4.06. The van der Waals surface area contributed by atoms with Crippen molar-refractivity contribution in [2.75, 3.05) is 0 Å². The third-order valence-corrected chi connectivity index (χ3v) is 3.47. The Morgan fingerprint density at radius 1 is 1.41 bits per heavy atom. The van der Waals surface area contributed by atoms with Crippen LogP contribution >= 0.6 is 0 Å². The molecule has 0 saturated heterocycles. The van der Waals surface area contributed by atoms with E-state index in [4.69, 9.17) is 0 Å². The van der Waals surface area contributed by atoms with Gasteiger partial charge in [-0.3, -0.25) is 9.89 Å². The highest BCUT2D eigenvalue weighted by Gasteiger charge is 2.34. The van der Waals surface area contributed by atoms with Crippen molar-refractivity contribution in [3.63, 3.8) is 0 Å². The van der Waals surface area contributed by atoms with E-state index in [-0.39, 0.29) is 17.8 Å². The van der Waals surface area contributed by atoms with E-state index in [1.165, 1.54) is 0 Å². The lowest BCUT2D eigenvalue weighted by atomic mass is 9.79. The van der Waals surface area contributed by atoms with Crippen LogP contribution < -0.4 is 0 Å². The van der Waals surface area contributed by atoms with Crippen LogP contribution in [-0.2, 0) is 4.79 Å². The number of hydrogen-bond acceptors (Lipinski definition) is 3. The van der Waals surface area contributed by atoms with E-state index < -0.39 is 5.97 Å². The van der Waals surface area contributed by atoms with Gasteiger partial charge in [0.25, 0.3) is 0 Å². The Hall–Kier alpha value is -1.39. The number of aliphatic carboxylic acids is 1. The maximum absolute atomic E-state index is 11.2. The highest BCUT2D eigenvalue weighted by atomic mass is 16.4. The summed E-state index contributed by atoms with van der Waals surface area (Å²) < 4.78 is 0. The second kappa shape index (κ2) is 4.85. The zero-order chi connectivity index (χ0) is 12.4. The Kier molecular flexibility index (Phi) is 3.45. The van der Waals surface area contributed by atoms with E-state index in [0.29, 0.717) is 0 Å². The first-order valence-corrected chi connectivity index (χ1v) is 6.24. The molecular weight excluding hydrogens is 218 g/mol. The van der Waals surface area contributed by atoms with Crippen molar-refractivity contribution >= 4 is 5.97 Å². The molecule has 0 aromatic carbocycles. The van der Waals surface area contributed by atoms with Crippen molar-refractivity contribution in [2.45, 2.75) is 51.4 Å². The molecule has 1 aromatic rings. The van der Waals surface area contributed by atoms with E-state index in [9.17, 15) is 9.90 Å². The fraction of sp³-hybridized carbons (Fsp3) is 0.750. The predicted octanol–water partition coefficient (Wildman–Crippen LogP) is 2.29.